The van der Waals surface area contributed by atoms with Crippen molar-refractivity contribution in [2.45, 2.75) is 52.0 Å². The lowest BCUT2D eigenvalue weighted by atomic mass is 9.95. The van der Waals surface area contributed by atoms with Crippen molar-refractivity contribution in [2.24, 2.45) is 5.92 Å². The van der Waals surface area contributed by atoms with E-state index in [4.69, 9.17) is 4.98 Å². The van der Waals surface area contributed by atoms with Crippen LogP contribution in [0.25, 0.3) is 0 Å². The van der Waals surface area contributed by atoms with Crippen LogP contribution >= 0.6 is 0 Å². The molecule has 0 aromatic carbocycles. The van der Waals surface area contributed by atoms with E-state index in [0.29, 0.717) is 5.92 Å². The summed E-state index contributed by atoms with van der Waals surface area (Å²) in [6.07, 6.45) is 6.44. The van der Waals surface area contributed by atoms with Crippen LogP contribution in [-0.4, -0.2) is 9.55 Å². The Morgan fingerprint density at radius 1 is 1.25 bits per heavy atom. The smallest absolute Gasteiger partial charge is 0.256 e. The zero-order valence-electron chi connectivity index (χ0n) is 9.83. The topological polar surface area (TPSA) is 34.9 Å². The highest BCUT2D eigenvalue weighted by molar-refractivity contribution is 5.22. The molecule has 0 N–H and O–H groups in total. The zero-order chi connectivity index (χ0) is 11.1. The van der Waals surface area contributed by atoms with E-state index < -0.39 is 0 Å². The molecule has 2 aliphatic rings. The molecule has 0 spiro atoms. The van der Waals surface area contributed by atoms with Gasteiger partial charge in [-0.05, 0) is 38.0 Å². The van der Waals surface area contributed by atoms with Crippen molar-refractivity contribution in [3.8, 4) is 0 Å². The SMILES string of the molecule is C[C@@H]1CCc2nc3c(c(=O)n2C1)CCCC3. The molecule has 3 heteroatoms. The van der Waals surface area contributed by atoms with Gasteiger partial charge in [0.2, 0.25) is 0 Å². The van der Waals surface area contributed by atoms with E-state index in [0.717, 1.165) is 49.3 Å². The molecule has 3 nitrogen and oxygen atoms in total. The first-order valence-corrected chi connectivity index (χ1v) is 6.37. The molecule has 0 amide bonds. The van der Waals surface area contributed by atoms with Crippen molar-refractivity contribution in [3.63, 3.8) is 0 Å². The molecule has 0 bridgehead atoms. The lowest BCUT2D eigenvalue weighted by Crippen LogP contribution is -2.35. The van der Waals surface area contributed by atoms with E-state index in [2.05, 4.69) is 6.92 Å². The molecule has 16 heavy (non-hydrogen) atoms. The Labute approximate surface area is 95.5 Å². The number of aryl methyl sites for hydroxylation is 2. The van der Waals surface area contributed by atoms with Gasteiger partial charge in [0.05, 0.1) is 5.69 Å². The predicted octanol–water partition coefficient (Wildman–Crippen LogP) is 1.70. The third-order valence-corrected chi connectivity index (χ3v) is 3.87. The van der Waals surface area contributed by atoms with Gasteiger partial charge in [-0.25, -0.2) is 4.98 Å². The second-order valence-corrected chi connectivity index (χ2v) is 5.22. The first-order chi connectivity index (χ1) is 7.75. The fourth-order valence-corrected chi connectivity index (χ4v) is 2.90. The van der Waals surface area contributed by atoms with E-state index in [-0.39, 0.29) is 5.56 Å². The second kappa shape index (κ2) is 3.72. The lowest BCUT2D eigenvalue weighted by Gasteiger charge is -2.25. The van der Waals surface area contributed by atoms with Crippen LogP contribution in [0.3, 0.4) is 0 Å². The first kappa shape index (κ1) is 10.1. The fourth-order valence-electron chi connectivity index (χ4n) is 2.90. The summed E-state index contributed by atoms with van der Waals surface area (Å²) >= 11 is 0. The number of hydrogen-bond donors (Lipinski definition) is 0. The number of hydrogen-bond acceptors (Lipinski definition) is 2. The first-order valence-electron chi connectivity index (χ1n) is 6.37. The number of nitrogens with zero attached hydrogens (tertiary/aromatic N) is 2. The lowest BCUT2D eigenvalue weighted by molar-refractivity contribution is 0.373. The average molecular weight is 218 g/mol. The molecule has 86 valence electrons. The largest absolute Gasteiger partial charge is 0.296 e. The quantitative estimate of drug-likeness (QED) is 0.664. The summed E-state index contributed by atoms with van der Waals surface area (Å²) in [6, 6.07) is 0. The van der Waals surface area contributed by atoms with Crippen LogP contribution < -0.4 is 5.56 Å². The minimum Gasteiger partial charge on any atom is -0.296 e. The van der Waals surface area contributed by atoms with Gasteiger partial charge in [-0.3, -0.25) is 9.36 Å². The summed E-state index contributed by atoms with van der Waals surface area (Å²) in [5.41, 5.74) is 2.35. The van der Waals surface area contributed by atoms with Crippen molar-refractivity contribution >= 4 is 0 Å². The van der Waals surface area contributed by atoms with Crippen LogP contribution in [0, 0.1) is 5.92 Å². The van der Waals surface area contributed by atoms with Gasteiger partial charge >= 0.3 is 0 Å². The fraction of sp³-hybridized carbons (Fsp3) is 0.692. The van der Waals surface area contributed by atoms with Crippen LogP contribution in [0.5, 0.6) is 0 Å². The normalized spacial score (nSPS) is 23.7. The summed E-state index contributed by atoms with van der Waals surface area (Å²) < 4.78 is 1.93. The summed E-state index contributed by atoms with van der Waals surface area (Å²) in [5, 5.41) is 0. The van der Waals surface area contributed by atoms with Crippen LogP contribution in [0.4, 0.5) is 0 Å². The molecule has 0 fully saturated rings. The van der Waals surface area contributed by atoms with Crippen LogP contribution in [0.1, 0.15) is 43.3 Å². The van der Waals surface area contributed by atoms with Gasteiger partial charge in [-0.15, -0.1) is 0 Å². The second-order valence-electron chi connectivity index (χ2n) is 5.22. The molecule has 3 rings (SSSR count). The minimum absolute atomic E-state index is 0.256. The van der Waals surface area contributed by atoms with Gasteiger partial charge in [-0.1, -0.05) is 6.92 Å². The maximum Gasteiger partial charge on any atom is 0.256 e. The molecule has 1 aliphatic carbocycles. The third-order valence-electron chi connectivity index (χ3n) is 3.87. The van der Waals surface area contributed by atoms with Crippen molar-refractivity contribution in [3.05, 3.63) is 27.4 Å². The Hall–Kier alpha value is -1.12. The van der Waals surface area contributed by atoms with Gasteiger partial charge in [0.1, 0.15) is 5.82 Å². The monoisotopic (exact) mass is 218 g/mol. The van der Waals surface area contributed by atoms with Crippen molar-refractivity contribution in [1.29, 1.82) is 0 Å². The molecule has 1 aromatic heterocycles. The van der Waals surface area contributed by atoms with Crippen molar-refractivity contribution in [1.82, 2.24) is 9.55 Å². The number of rotatable bonds is 0. The maximum atomic E-state index is 12.3. The molecule has 1 atom stereocenters. The maximum absolute atomic E-state index is 12.3. The molecule has 1 aromatic rings. The van der Waals surface area contributed by atoms with E-state index >= 15 is 0 Å². The summed E-state index contributed by atoms with van der Waals surface area (Å²) in [6.45, 7) is 3.09. The van der Waals surface area contributed by atoms with Crippen LogP contribution in [-0.2, 0) is 25.8 Å². The highest BCUT2D eigenvalue weighted by Gasteiger charge is 2.22. The molecular weight excluding hydrogens is 200 g/mol. The Morgan fingerprint density at radius 3 is 2.94 bits per heavy atom. The Kier molecular flexibility index (Phi) is 2.34. The molecule has 2 heterocycles. The molecule has 0 saturated heterocycles. The third kappa shape index (κ3) is 1.49. The average Bonchev–Trinajstić information content (AvgIpc) is 2.31. The Bertz CT molecular complexity index is 476. The van der Waals surface area contributed by atoms with E-state index in [9.17, 15) is 4.79 Å². The number of fused-ring (bicyclic) bond motifs is 2. The van der Waals surface area contributed by atoms with Gasteiger partial charge < -0.3 is 0 Å². The Balaban J connectivity index is 2.16. The zero-order valence-corrected chi connectivity index (χ0v) is 9.83. The summed E-state index contributed by atoms with van der Waals surface area (Å²) in [4.78, 5) is 17.0. The van der Waals surface area contributed by atoms with E-state index in [1.165, 1.54) is 12.8 Å². The highest BCUT2D eigenvalue weighted by Crippen LogP contribution is 2.21. The molecular formula is C13H18N2O. The van der Waals surface area contributed by atoms with Gasteiger partial charge in [0.25, 0.3) is 5.56 Å². The number of aromatic nitrogens is 2. The summed E-state index contributed by atoms with van der Waals surface area (Å²) in [7, 11) is 0. The summed E-state index contributed by atoms with van der Waals surface area (Å²) in [5.74, 6) is 1.65. The highest BCUT2D eigenvalue weighted by atomic mass is 16.1. The predicted molar refractivity (Wildman–Crippen MR) is 62.6 cm³/mol. The van der Waals surface area contributed by atoms with Crippen LogP contribution in [0.2, 0.25) is 0 Å². The minimum atomic E-state index is 0.256. The van der Waals surface area contributed by atoms with Crippen LogP contribution in [0.15, 0.2) is 4.79 Å². The molecule has 0 radical (unpaired) electrons. The van der Waals surface area contributed by atoms with Gasteiger partial charge in [0.15, 0.2) is 0 Å². The van der Waals surface area contributed by atoms with Gasteiger partial charge in [-0.2, -0.15) is 0 Å². The molecule has 0 unspecified atom stereocenters. The van der Waals surface area contributed by atoms with E-state index in [1.54, 1.807) is 0 Å². The molecule has 0 saturated carbocycles. The van der Waals surface area contributed by atoms with Gasteiger partial charge in [0, 0.05) is 18.5 Å². The van der Waals surface area contributed by atoms with Crippen molar-refractivity contribution in [2.75, 3.05) is 0 Å². The van der Waals surface area contributed by atoms with E-state index in [1.807, 2.05) is 4.57 Å². The Morgan fingerprint density at radius 2 is 2.06 bits per heavy atom. The van der Waals surface area contributed by atoms with Crippen molar-refractivity contribution < 1.29 is 0 Å². The standard InChI is InChI=1S/C13H18N2O/c1-9-6-7-12-14-11-5-3-2-4-10(11)13(16)15(12)8-9/h9H,2-8H2,1H3/t9-/m1/s1. The molecule has 1 aliphatic heterocycles.